The van der Waals surface area contributed by atoms with Crippen molar-refractivity contribution in [1.29, 1.82) is 0 Å². The van der Waals surface area contributed by atoms with Crippen molar-refractivity contribution >= 4 is 6.03 Å². The zero-order valence-corrected chi connectivity index (χ0v) is 14.1. The fraction of sp³-hybridized carbons (Fsp3) is 0.471. The van der Waals surface area contributed by atoms with Crippen molar-refractivity contribution in [2.45, 2.75) is 32.4 Å². The van der Waals surface area contributed by atoms with E-state index in [1.54, 1.807) is 13.2 Å². The molecule has 1 aliphatic heterocycles. The lowest BCUT2D eigenvalue weighted by Gasteiger charge is -2.32. The van der Waals surface area contributed by atoms with E-state index in [4.69, 9.17) is 4.74 Å². The maximum Gasteiger partial charge on any atom is 0.317 e. The van der Waals surface area contributed by atoms with Crippen molar-refractivity contribution in [3.05, 3.63) is 41.9 Å². The smallest absolute Gasteiger partial charge is 0.317 e. The number of hydrogen-bond donors (Lipinski definition) is 1. The molecule has 1 unspecified atom stereocenters. The standard InChI is InChI=1S/C17H23N5O2/c1-13-9-19-22(11-13)15-6-4-8-21(12-15)17(23)18-10-14-5-3-7-16(20-14)24-2/h3,5,7,9,11,15H,4,6,8,10,12H2,1-2H3,(H,18,23). The van der Waals surface area contributed by atoms with E-state index >= 15 is 0 Å². The van der Waals surface area contributed by atoms with Crippen LogP contribution in [-0.4, -0.2) is 45.9 Å². The molecule has 0 aromatic carbocycles. The molecule has 1 N–H and O–H groups in total. The molecule has 3 heterocycles. The summed E-state index contributed by atoms with van der Waals surface area (Å²) in [6.45, 7) is 3.86. The average molecular weight is 329 g/mol. The summed E-state index contributed by atoms with van der Waals surface area (Å²) in [6, 6.07) is 5.70. The topological polar surface area (TPSA) is 72.3 Å². The number of carbonyl (C=O) groups excluding carboxylic acids is 1. The summed E-state index contributed by atoms with van der Waals surface area (Å²) in [6.07, 6.45) is 5.91. The summed E-state index contributed by atoms with van der Waals surface area (Å²) >= 11 is 0. The van der Waals surface area contributed by atoms with Crippen molar-refractivity contribution in [3.8, 4) is 5.88 Å². The van der Waals surface area contributed by atoms with E-state index in [0.29, 0.717) is 19.0 Å². The third-order valence-electron chi connectivity index (χ3n) is 4.20. The molecule has 3 rings (SSSR count). The van der Waals surface area contributed by atoms with Gasteiger partial charge < -0.3 is 15.0 Å². The van der Waals surface area contributed by atoms with Gasteiger partial charge in [0.05, 0.1) is 31.6 Å². The third-order valence-corrected chi connectivity index (χ3v) is 4.20. The van der Waals surface area contributed by atoms with E-state index < -0.39 is 0 Å². The van der Waals surface area contributed by atoms with Crippen LogP contribution in [-0.2, 0) is 6.54 Å². The second kappa shape index (κ2) is 7.33. The first kappa shape index (κ1) is 16.3. The van der Waals surface area contributed by atoms with Crippen LogP contribution in [0, 0.1) is 6.92 Å². The van der Waals surface area contributed by atoms with Gasteiger partial charge in [0, 0.05) is 25.4 Å². The number of urea groups is 1. The Labute approximate surface area is 141 Å². The molecule has 0 bridgehead atoms. The Morgan fingerprint density at radius 3 is 3.08 bits per heavy atom. The van der Waals surface area contributed by atoms with Crippen molar-refractivity contribution in [2.24, 2.45) is 0 Å². The van der Waals surface area contributed by atoms with Gasteiger partial charge in [0.1, 0.15) is 0 Å². The lowest BCUT2D eigenvalue weighted by molar-refractivity contribution is 0.163. The number of piperidine rings is 1. The highest BCUT2D eigenvalue weighted by Gasteiger charge is 2.25. The molecule has 1 saturated heterocycles. The number of ether oxygens (including phenoxy) is 1. The first-order valence-electron chi connectivity index (χ1n) is 8.19. The maximum atomic E-state index is 12.4. The molecule has 0 radical (unpaired) electrons. The van der Waals surface area contributed by atoms with Crippen LogP contribution in [0.25, 0.3) is 0 Å². The van der Waals surface area contributed by atoms with Gasteiger partial charge in [0.25, 0.3) is 0 Å². The van der Waals surface area contributed by atoms with E-state index in [0.717, 1.165) is 30.6 Å². The quantitative estimate of drug-likeness (QED) is 0.933. The molecule has 1 fully saturated rings. The van der Waals surface area contributed by atoms with Gasteiger partial charge in [-0.05, 0) is 31.4 Å². The Hall–Kier alpha value is -2.57. The van der Waals surface area contributed by atoms with Gasteiger partial charge in [-0.1, -0.05) is 6.07 Å². The van der Waals surface area contributed by atoms with E-state index in [1.165, 1.54) is 0 Å². The molecule has 2 amide bonds. The van der Waals surface area contributed by atoms with Crippen LogP contribution in [0.4, 0.5) is 4.79 Å². The Bertz CT molecular complexity index is 700. The molecule has 1 atom stereocenters. The lowest BCUT2D eigenvalue weighted by Crippen LogP contribution is -2.45. The summed E-state index contributed by atoms with van der Waals surface area (Å²) in [5, 5.41) is 7.32. The highest BCUT2D eigenvalue weighted by atomic mass is 16.5. The van der Waals surface area contributed by atoms with Gasteiger partial charge in [-0.2, -0.15) is 5.10 Å². The fourth-order valence-corrected chi connectivity index (χ4v) is 2.94. The molecule has 2 aromatic rings. The minimum Gasteiger partial charge on any atom is -0.481 e. The Kier molecular flexibility index (Phi) is 4.98. The molecule has 0 aliphatic carbocycles. The normalized spacial score (nSPS) is 17.6. The maximum absolute atomic E-state index is 12.4. The second-order valence-electron chi connectivity index (χ2n) is 6.07. The van der Waals surface area contributed by atoms with E-state index in [-0.39, 0.29) is 12.1 Å². The van der Waals surface area contributed by atoms with Crippen LogP contribution in [0.3, 0.4) is 0 Å². The lowest BCUT2D eigenvalue weighted by atomic mass is 10.1. The monoisotopic (exact) mass is 329 g/mol. The highest BCUT2D eigenvalue weighted by Crippen LogP contribution is 2.21. The third kappa shape index (κ3) is 3.84. The van der Waals surface area contributed by atoms with Gasteiger partial charge in [-0.25, -0.2) is 9.78 Å². The summed E-state index contributed by atoms with van der Waals surface area (Å²) < 4.78 is 7.07. The second-order valence-corrected chi connectivity index (χ2v) is 6.07. The molecule has 128 valence electrons. The Balaban J connectivity index is 1.56. The molecular weight excluding hydrogens is 306 g/mol. The SMILES string of the molecule is COc1cccc(CNC(=O)N2CCCC(n3cc(C)cn3)C2)n1. The number of nitrogens with one attached hydrogen (secondary N) is 1. The predicted octanol–water partition coefficient (Wildman–Crippen LogP) is 2.14. The van der Waals surface area contributed by atoms with Gasteiger partial charge in [0.2, 0.25) is 5.88 Å². The molecule has 1 aliphatic rings. The minimum absolute atomic E-state index is 0.0619. The average Bonchev–Trinajstić information content (AvgIpc) is 3.06. The van der Waals surface area contributed by atoms with Crippen molar-refractivity contribution in [1.82, 2.24) is 25.0 Å². The zero-order valence-electron chi connectivity index (χ0n) is 14.1. The number of aryl methyl sites for hydroxylation is 1. The zero-order chi connectivity index (χ0) is 16.9. The number of carbonyl (C=O) groups is 1. The van der Waals surface area contributed by atoms with Crippen LogP contribution in [0.15, 0.2) is 30.6 Å². The Morgan fingerprint density at radius 2 is 2.33 bits per heavy atom. The number of rotatable bonds is 4. The first-order valence-corrected chi connectivity index (χ1v) is 8.19. The number of aromatic nitrogens is 3. The van der Waals surface area contributed by atoms with E-state index in [9.17, 15) is 4.79 Å². The first-order chi connectivity index (χ1) is 11.7. The van der Waals surface area contributed by atoms with E-state index in [1.807, 2.05) is 41.0 Å². The number of amides is 2. The summed E-state index contributed by atoms with van der Waals surface area (Å²) in [7, 11) is 1.58. The summed E-state index contributed by atoms with van der Waals surface area (Å²) in [4.78, 5) is 18.6. The molecule has 0 spiro atoms. The molecule has 24 heavy (non-hydrogen) atoms. The van der Waals surface area contributed by atoms with Crippen LogP contribution in [0.2, 0.25) is 0 Å². The fourth-order valence-electron chi connectivity index (χ4n) is 2.94. The number of nitrogens with zero attached hydrogens (tertiary/aromatic N) is 4. The van der Waals surface area contributed by atoms with Crippen molar-refractivity contribution in [3.63, 3.8) is 0 Å². The highest BCUT2D eigenvalue weighted by molar-refractivity contribution is 5.74. The molecule has 0 saturated carbocycles. The minimum atomic E-state index is -0.0619. The molecule has 7 heteroatoms. The number of methoxy groups -OCH3 is 1. The van der Waals surface area contributed by atoms with Gasteiger partial charge in [0.15, 0.2) is 0 Å². The summed E-state index contributed by atoms with van der Waals surface area (Å²) in [5.41, 5.74) is 1.92. The van der Waals surface area contributed by atoms with Gasteiger partial charge >= 0.3 is 6.03 Å². The van der Waals surface area contributed by atoms with Crippen LogP contribution >= 0.6 is 0 Å². The van der Waals surface area contributed by atoms with Crippen LogP contribution in [0.5, 0.6) is 5.88 Å². The summed E-state index contributed by atoms with van der Waals surface area (Å²) in [5.74, 6) is 0.550. The number of pyridine rings is 1. The van der Waals surface area contributed by atoms with Crippen LogP contribution < -0.4 is 10.1 Å². The van der Waals surface area contributed by atoms with Gasteiger partial charge in [-0.3, -0.25) is 4.68 Å². The van der Waals surface area contributed by atoms with Gasteiger partial charge in [-0.15, -0.1) is 0 Å². The van der Waals surface area contributed by atoms with E-state index in [2.05, 4.69) is 15.4 Å². The molecule has 7 nitrogen and oxygen atoms in total. The predicted molar refractivity (Wildman–Crippen MR) is 89.8 cm³/mol. The molecule has 2 aromatic heterocycles. The largest absolute Gasteiger partial charge is 0.481 e. The van der Waals surface area contributed by atoms with Crippen LogP contribution in [0.1, 0.15) is 30.1 Å². The number of likely N-dealkylation sites (tertiary alicyclic amines) is 1. The van der Waals surface area contributed by atoms with Crippen molar-refractivity contribution in [2.75, 3.05) is 20.2 Å². The number of hydrogen-bond acceptors (Lipinski definition) is 4. The Morgan fingerprint density at radius 1 is 1.46 bits per heavy atom. The van der Waals surface area contributed by atoms with Crippen molar-refractivity contribution < 1.29 is 9.53 Å². The molecular formula is C17H23N5O2.